The highest BCUT2D eigenvalue weighted by atomic mass is 16.5. The number of hydrogen-bond donors (Lipinski definition) is 0. The van der Waals surface area contributed by atoms with Crippen LogP contribution in [-0.4, -0.2) is 16.2 Å². The smallest absolute Gasteiger partial charge is 0.424 e. The topological polar surface area (TPSA) is 75.7 Å². The van der Waals surface area contributed by atoms with Gasteiger partial charge in [0, 0.05) is 6.07 Å². The van der Waals surface area contributed by atoms with Gasteiger partial charge in [0.1, 0.15) is 18.9 Å². The van der Waals surface area contributed by atoms with E-state index in [9.17, 15) is 4.79 Å². The number of oxazole rings is 1. The Morgan fingerprint density at radius 1 is 0.721 bits per heavy atom. The second-order valence-corrected chi connectivity index (χ2v) is 10.3. The Bertz CT molecular complexity index is 1850. The minimum Gasteiger partial charge on any atom is -0.473 e. The van der Waals surface area contributed by atoms with Crippen LogP contribution in [-0.2, 0) is 31.0 Å². The Hall–Kier alpha value is -5.14. The standard InChI is InChI=1S/C36H32N2O5/c1-26-21-30(19-20-40-23-27-11-5-2-6-12-27)34-32(22-26)38(36(39)43-34)31-17-18-33(41-24-28-13-7-3-8-14-28)37-35(31)42-25-29-15-9-4-10-16-29/h2-18,21-22H,19-20,23-25H2,1H3. The largest absolute Gasteiger partial charge is 0.473 e. The summed E-state index contributed by atoms with van der Waals surface area (Å²) in [6.45, 7) is 3.64. The predicted octanol–water partition coefficient (Wildman–Crippen LogP) is 7.20. The monoisotopic (exact) mass is 572 g/mol. The normalized spacial score (nSPS) is 11.1. The zero-order valence-corrected chi connectivity index (χ0v) is 23.9. The van der Waals surface area contributed by atoms with E-state index >= 15 is 0 Å². The third kappa shape index (κ3) is 6.85. The van der Waals surface area contributed by atoms with Gasteiger partial charge in [-0.25, -0.2) is 9.36 Å². The van der Waals surface area contributed by atoms with Crippen LogP contribution < -0.4 is 15.2 Å². The van der Waals surface area contributed by atoms with Gasteiger partial charge in [-0.1, -0.05) is 97.1 Å². The molecule has 0 unspecified atom stereocenters. The fraction of sp³-hybridized carbons (Fsp3) is 0.167. The van der Waals surface area contributed by atoms with Crippen molar-refractivity contribution in [1.82, 2.24) is 9.55 Å². The molecular formula is C36H32N2O5. The maximum atomic E-state index is 13.4. The number of nitrogens with zero attached hydrogens (tertiary/aromatic N) is 2. The molecule has 4 aromatic carbocycles. The van der Waals surface area contributed by atoms with Gasteiger partial charge in [-0.05, 0) is 53.3 Å². The molecule has 7 nitrogen and oxygen atoms in total. The van der Waals surface area contributed by atoms with Crippen LogP contribution in [0.1, 0.15) is 27.8 Å². The minimum atomic E-state index is -0.517. The van der Waals surface area contributed by atoms with Crippen LogP contribution >= 0.6 is 0 Å². The van der Waals surface area contributed by atoms with Gasteiger partial charge in [0.05, 0.1) is 18.7 Å². The summed E-state index contributed by atoms with van der Waals surface area (Å²) in [6.07, 6.45) is 0.597. The number of fused-ring (bicyclic) bond motifs is 1. The number of rotatable bonds is 12. The number of aromatic nitrogens is 2. The number of benzene rings is 4. The van der Waals surface area contributed by atoms with E-state index in [-0.39, 0.29) is 12.5 Å². The molecule has 216 valence electrons. The molecule has 0 radical (unpaired) electrons. The van der Waals surface area contributed by atoms with Crippen molar-refractivity contribution in [2.75, 3.05) is 6.61 Å². The first kappa shape index (κ1) is 28.0. The van der Waals surface area contributed by atoms with E-state index in [1.807, 2.05) is 110 Å². The van der Waals surface area contributed by atoms with Crippen molar-refractivity contribution in [2.45, 2.75) is 33.2 Å². The summed E-state index contributed by atoms with van der Waals surface area (Å²) in [4.78, 5) is 18.1. The molecule has 6 aromatic rings. The van der Waals surface area contributed by atoms with E-state index in [2.05, 4.69) is 4.98 Å². The number of aryl methyl sites for hydroxylation is 1. The third-order valence-corrected chi connectivity index (χ3v) is 7.03. The SMILES string of the molecule is Cc1cc(CCOCc2ccccc2)c2oc(=O)n(-c3ccc(OCc4ccccc4)nc3OCc3ccccc3)c2c1. The Kier molecular flexibility index (Phi) is 8.61. The highest BCUT2D eigenvalue weighted by molar-refractivity contribution is 5.80. The van der Waals surface area contributed by atoms with Gasteiger partial charge in [0.25, 0.3) is 0 Å². The Balaban J connectivity index is 1.30. The lowest BCUT2D eigenvalue weighted by molar-refractivity contribution is 0.124. The van der Waals surface area contributed by atoms with Crippen molar-refractivity contribution in [1.29, 1.82) is 0 Å². The second kappa shape index (κ2) is 13.2. The third-order valence-electron chi connectivity index (χ3n) is 7.03. The number of pyridine rings is 1. The molecule has 0 saturated heterocycles. The summed E-state index contributed by atoms with van der Waals surface area (Å²) in [5.74, 6) is 0.147. The van der Waals surface area contributed by atoms with Gasteiger partial charge in [-0.15, -0.1) is 0 Å². The summed E-state index contributed by atoms with van der Waals surface area (Å²) >= 11 is 0. The van der Waals surface area contributed by atoms with E-state index in [4.69, 9.17) is 18.6 Å². The summed E-state index contributed by atoms with van der Waals surface area (Å²) in [6, 6.07) is 37.2. The van der Waals surface area contributed by atoms with Crippen LogP contribution in [0, 0.1) is 6.92 Å². The summed E-state index contributed by atoms with van der Waals surface area (Å²) < 4.78 is 25.5. The van der Waals surface area contributed by atoms with E-state index in [0.29, 0.717) is 48.9 Å². The molecule has 0 aliphatic rings. The first-order valence-corrected chi connectivity index (χ1v) is 14.3. The van der Waals surface area contributed by atoms with Crippen molar-refractivity contribution >= 4 is 11.1 Å². The number of ether oxygens (including phenoxy) is 3. The van der Waals surface area contributed by atoms with Crippen LogP contribution in [0.15, 0.2) is 124 Å². The molecule has 0 N–H and O–H groups in total. The summed E-state index contributed by atoms with van der Waals surface area (Å²) in [5, 5.41) is 0. The van der Waals surface area contributed by atoms with Gasteiger partial charge >= 0.3 is 5.76 Å². The number of hydrogen-bond acceptors (Lipinski definition) is 6. The fourth-order valence-electron chi connectivity index (χ4n) is 4.93. The lowest BCUT2D eigenvalue weighted by Crippen LogP contribution is -2.14. The average molecular weight is 573 g/mol. The van der Waals surface area contributed by atoms with Gasteiger partial charge < -0.3 is 18.6 Å². The Labute approximate surface area is 249 Å². The van der Waals surface area contributed by atoms with Crippen molar-refractivity contribution in [3.8, 4) is 17.4 Å². The molecule has 0 spiro atoms. The van der Waals surface area contributed by atoms with Crippen LogP contribution in [0.2, 0.25) is 0 Å². The van der Waals surface area contributed by atoms with Crippen molar-refractivity contribution < 1.29 is 18.6 Å². The van der Waals surface area contributed by atoms with Crippen LogP contribution in [0.3, 0.4) is 0 Å². The fourth-order valence-corrected chi connectivity index (χ4v) is 4.93. The average Bonchev–Trinajstić information content (AvgIpc) is 3.37. The zero-order valence-electron chi connectivity index (χ0n) is 23.9. The molecule has 2 aromatic heterocycles. The molecule has 2 heterocycles. The zero-order chi connectivity index (χ0) is 29.4. The molecule has 0 atom stereocenters. The highest BCUT2D eigenvalue weighted by Gasteiger charge is 2.20. The van der Waals surface area contributed by atoms with Crippen LogP contribution in [0.25, 0.3) is 16.8 Å². The molecular weight excluding hydrogens is 540 g/mol. The Morgan fingerprint density at radius 2 is 1.33 bits per heavy atom. The van der Waals surface area contributed by atoms with E-state index in [1.54, 1.807) is 12.1 Å². The molecule has 7 heteroatoms. The first-order chi connectivity index (χ1) is 21.1. The van der Waals surface area contributed by atoms with Gasteiger partial charge in [0.15, 0.2) is 5.58 Å². The molecule has 0 aliphatic heterocycles. The summed E-state index contributed by atoms with van der Waals surface area (Å²) in [7, 11) is 0. The van der Waals surface area contributed by atoms with Crippen molar-refractivity contribution in [2.24, 2.45) is 0 Å². The molecule has 0 bridgehead atoms. The lowest BCUT2D eigenvalue weighted by Gasteiger charge is -2.14. The maximum absolute atomic E-state index is 13.4. The van der Waals surface area contributed by atoms with Gasteiger partial charge in [-0.3, -0.25) is 0 Å². The quantitative estimate of drug-likeness (QED) is 0.144. The second-order valence-electron chi connectivity index (χ2n) is 10.3. The predicted molar refractivity (Wildman–Crippen MR) is 166 cm³/mol. The molecule has 0 aliphatic carbocycles. The van der Waals surface area contributed by atoms with Gasteiger partial charge in [0.2, 0.25) is 11.8 Å². The minimum absolute atomic E-state index is 0.272. The molecule has 43 heavy (non-hydrogen) atoms. The molecule has 0 amide bonds. The first-order valence-electron chi connectivity index (χ1n) is 14.3. The highest BCUT2D eigenvalue weighted by Crippen LogP contribution is 2.30. The van der Waals surface area contributed by atoms with E-state index in [1.165, 1.54) is 4.57 Å². The van der Waals surface area contributed by atoms with E-state index in [0.717, 1.165) is 27.8 Å². The maximum Gasteiger partial charge on any atom is 0.424 e. The molecule has 0 fully saturated rings. The molecule has 0 saturated carbocycles. The Morgan fingerprint density at radius 3 is 1.98 bits per heavy atom. The van der Waals surface area contributed by atoms with Crippen molar-refractivity contribution in [3.63, 3.8) is 0 Å². The van der Waals surface area contributed by atoms with E-state index < -0.39 is 5.76 Å². The lowest BCUT2D eigenvalue weighted by atomic mass is 10.1. The van der Waals surface area contributed by atoms with Crippen LogP contribution in [0.4, 0.5) is 0 Å². The summed E-state index contributed by atoms with van der Waals surface area (Å²) in [5.41, 5.74) is 6.66. The van der Waals surface area contributed by atoms with Crippen LogP contribution in [0.5, 0.6) is 11.8 Å². The van der Waals surface area contributed by atoms with Crippen molar-refractivity contribution in [3.05, 3.63) is 154 Å². The van der Waals surface area contributed by atoms with Gasteiger partial charge in [-0.2, -0.15) is 4.98 Å². The molecule has 6 rings (SSSR count).